The molecule has 1 radical (unpaired) electrons. The van der Waals surface area contributed by atoms with Crippen LogP contribution < -0.4 is 0 Å². The molecule has 0 aliphatic rings. The molecule has 0 heterocycles. The zero-order valence-corrected chi connectivity index (χ0v) is 19.0. The van der Waals surface area contributed by atoms with Crippen molar-refractivity contribution in [2.24, 2.45) is 0 Å². The molecule has 2 atom stereocenters. The monoisotopic (exact) mass is 363 g/mol. The summed E-state index contributed by atoms with van der Waals surface area (Å²) in [6.45, 7) is 8.10. The van der Waals surface area contributed by atoms with Gasteiger partial charge in [0.25, 0.3) is 0 Å². The van der Waals surface area contributed by atoms with Crippen LogP contribution in [0.4, 0.5) is 0 Å². The molecule has 0 saturated heterocycles. The summed E-state index contributed by atoms with van der Waals surface area (Å²) in [4.78, 5) is 23.3. The first-order valence-electron chi connectivity index (χ1n) is 9.58. The van der Waals surface area contributed by atoms with E-state index in [2.05, 4.69) is 13.8 Å². The molecule has 0 N–H and O–H groups in total. The van der Waals surface area contributed by atoms with Gasteiger partial charge in [0.1, 0.15) is 0 Å². The van der Waals surface area contributed by atoms with Gasteiger partial charge in [0.05, 0.1) is 12.2 Å². The van der Waals surface area contributed by atoms with E-state index in [4.69, 9.17) is 9.47 Å². The normalized spacial score (nSPS) is 13.1. The zero-order valence-electron chi connectivity index (χ0n) is 17.0. The summed E-state index contributed by atoms with van der Waals surface area (Å²) in [6, 6.07) is 0. The van der Waals surface area contributed by atoms with E-state index in [-0.39, 0.29) is 41.8 Å². The molecule has 0 spiro atoms. The van der Waals surface area contributed by atoms with Gasteiger partial charge in [-0.3, -0.25) is 0 Å². The third-order valence-corrected chi connectivity index (χ3v) is 3.92. The molecule has 0 aromatic rings. The molecule has 0 saturated carbocycles. The van der Waals surface area contributed by atoms with Crippen molar-refractivity contribution >= 4 is 41.5 Å². The molecule has 4 nitrogen and oxygen atoms in total. The maximum atomic E-state index is 11.7. The fourth-order valence-electron chi connectivity index (χ4n) is 2.45. The minimum Gasteiger partial charge on any atom is -0.460 e. The summed E-state index contributed by atoms with van der Waals surface area (Å²) >= 11 is 0. The first-order valence-corrected chi connectivity index (χ1v) is 9.58. The Hall–Kier alpha value is -0.320. The Morgan fingerprint density at radius 3 is 1.40 bits per heavy atom. The van der Waals surface area contributed by atoms with Gasteiger partial charge in [0.2, 0.25) is 0 Å². The molecule has 0 fully saturated rings. The number of hydrogen-bond donors (Lipinski definition) is 0. The third kappa shape index (κ3) is 18.3. The van der Waals surface area contributed by atoms with Crippen LogP contribution in [0.3, 0.4) is 0 Å². The van der Waals surface area contributed by atoms with Crippen molar-refractivity contribution in [2.75, 3.05) is 0 Å². The molecular weight excluding hydrogens is 327 g/mol. The van der Waals surface area contributed by atoms with Crippen LogP contribution >= 0.6 is 0 Å². The van der Waals surface area contributed by atoms with Crippen LogP contribution in [0.25, 0.3) is 0 Å². The molecule has 0 rings (SSSR count). The van der Waals surface area contributed by atoms with Crippen LogP contribution in [-0.2, 0) is 19.1 Å². The average Bonchev–Trinajstić information content (AvgIpc) is 2.54. The molecule has 0 aliphatic heterocycles. The molecule has 0 bridgehead atoms. The average molecular weight is 363 g/mol. The SMILES string of the molecule is CCCCCCC(C)OC(=O)/C=C/C(=O)OC(C)CCCCCC.[Na]. The van der Waals surface area contributed by atoms with Crippen molar-refractivity contribution in [3.05, 3.63) is 12.2 Å². The van der Waals surface area contributed by atoms with Crippen LogP contribution in [0.15, 0.2) is 12.2 Å². The number of hydrogen-bond acceptors (Lipinski definition) is 4. The number of unbranched alkanes of at least 4 members (excludes halogenated alkanes) is 6. The van der Waals surface area contributed by atoms with Crippen LogP contribution in [0.1, 0.15) is 91.9 Å². The summed E-state index contributed by atoms with van der Waals surface area (Å²) < 4.78 is 10.5. The van der Waals surface area contributed by atoms with Crippen molar-refractivity contribution < 1.29 is 19.1 Å². The standard InChI is InChI=1S/C20H36O4.Na/c1-5-7-9-11-13-17(3)23-19(21)15-16-20(22)24-18(4)14-12-10-8-6-2;/h15-18H,5-14H2,1-4H3;/b16-15+;. The van der Waals surface area contributed by atoms with Crippen LogP contribution in [0.2, 0.25) is 0 Å². The van der Waals surface area contributed by atoms with E-state index in [0.29, 0.717) is 0 Å². The fraction of sp³-hybridized carbons (Fsp3) is 0.800. The summed E-state index contributed by atoms with van der Waals surface area (Å²) in [6.07, 6.45) is 13.1. The third-order valence-electron chi connectivity index (χ3n) is 3.92. The van der Waals surface area contributed by atoms with E-state index in [1.54, 1.807) is 0 Å². The second-order valence-corrected chi connectivity index (χ2v) is 6.53. The van der Waals surface area contributed by atoms with Gasteiger partial charge in [-0.1, -0.05) is 52.4 Å². The van der Waals surface area contributed by atoms with Crippen LogP contribution in [-0.4, -0.2) is 53.7 Å². The molecule has 0 aromatic heterocycles. The van der Waals surface area contributed by atoms with Gasteiger partial charge >= 0.3 is 11.9 Å². The Kier molecular flexibility index (Phi) is 19.9. The number of ether oxygens (including phenoxy) is 2. The topological polar surface area (TPSA) is 52.6 Å². The van der Waals surface area contributed by atoms with Gasteiger partial charge in [-0.2, -0.15) is 0 Å². The number of esters is 2. The van der Waals surface area contributed by atoms with Crippen molar-refractivity contribution in [2.45, 2.75) is 104 Å². The predicted molar refractivity (Wildman–Crippen MR) is 104 cm³/mol. The molecule has 0 aromatic carbocycles. The molecule has 5 heteroatoms. The first-order chi connectivity index (χ1) is 11.5. The Morgan fingerprint density at radius 2 is 1.08 bits per heavy atom. The molecular formula is C20H36NaO4. The molecule has 0 aliphatic carbocycles. The van der Waals surface area contributed by atoms with Crippen molar-refractivity contribution in [3.63, 3.8) is 0 Å². The van der Waals surface area contributed by atoms with E-state index in [1.165, 1.54) is 25.7 Å². The second kappa shape index (κ2) is 18.5. The minimum atomic E-state index is -0.481. The van der Waals surface area contributed by atoms with Crippen molar-refractivity contribution in [1.82, 2.24) is 0 Å². The number of carbonyl (C=O) groups excluding carboxylic acids is 2. The summed E-state index contributed by atoms with van der Waals surface area (Å²) in [5.41, 5.74) is 0. The van der Waals surface area contributed by atoms with Gasteiger partial charge in [0.15, 0.2) is 0 Å². The van der Waals surface area contributed by atoms with Gasteiger partial charge < -0.3 is 9.47 Å². The maximum absolute atomic E-state index is 11.7. The summed E-state index contributed by atoms with van der Waals surface area (Å²) in [7, 11) is 0. The number of carbonyl (C=O) groups is 2. The van der Waals surface area contributed by atoms with Gasteiger partial charge in [-0.25, -0.2) is 9.59 Å². The largest absolute Gasteiger partial charge is 0.460 e. The molecule has 141 valence electrons. The van der Waals surface area contributed by atoms with Crippen LogP contribution in [0, 0.1) is 0 Å². The Morgan fingerprint density at radius 1 is 0.720 bits per heavy atom. The van der Waals surface area contributed by atoms with E-state index in [1.807, 2.05) is 13.8 Å². The molecule has 2 unspecified atom stereocenters. The molecule has 0 amide bonds. The second-order valence-electron chi connectivity index (χ2n) is 6.53. The Labute approximate surface area is 176 Å². The van der Waals surface area contributed by atoms with E-state index < -0.39 is 11.9 Å². The minimum absolute atomic E-state index is 0. The smallest absolute Gasteiger partial charge is 0.331 e. The summed E-state index contributed by atoms with van der Waals surface area (Å²) in [5, 5.41) is 0. The maximum Gasteiger partial charge on any atom is 0.331 e. The van der Waals surface area contributed by atoms with E-state index in [0.717, 1.165) is 50.7 Å². The van der Waals surface area contributed by atoms with Gasteiger partial charge in [0, 0.05) is 41.7 Å². The van der Waals surface area contributed by atoms with Gasteiger partial charge in [-0.15, -0.1) is 0 Å². The molecule has 25 heavy (non-hydrogen) atoms. The summed E-state index contributed by atoms with van der Waals surface area (Å²) in [5.74, 6) is -0.962. The first kappa shape index (κ1) is 26.9. The Bertz CT molecular complexity index is 335. The van der Waals surface area contributed by atoms with Crippen molar-refractivity contribution in [1.29, 1.82) is 0 Å². The van der Waals surface area contributed by atoms with E-state index >= 15 is 0 Å². The predicted octanol–water partition coefficient (Wildman–Crippen LogP) is 4.97. The fourth-order valence-corrected chi connectivity index (χ4v) is 2.45. The van der Waals surface area contributed by atoms with Gasteiger partial charge in [-0.05, 0) is 39.5 Å². The van der Waals surface area contributed by atoms with Crippen LogP contribution in [0.5, 0.6) is 0 Å². The van der Waals surface area contributed by atoms with Crippen molar-refractivity contribution in [3.8, 4) is 0 Å². The van der Waals surface area contributed by atoms with E-state index in [9.17, 15) is 9.59 Å². The zero-order chi connectivity index (χ0) is 18.2. The number of rotatable bonds is 14. The Balaban J connectivity index is 0. The quantitative estimate of drug-likeness (QED) is 0.189.